The molecule has 1 N–H and O–H groups in total. The predicted octanol–water partition coefficient (Wildman–Crippen LogP) is 4.31. The Kier molecular flexibility index (Phi) is 8.54. The maximum atomic E-state index is 11.7. The summed E-state index contributed by atoms with van der Waals surface area (Å²) < 4.78 is 35.2. The highest BCUT2D eigenvalue weighted by Gasteiger charge is 2.24. The van der Waals surface area contributed by atoms with Gasteiger partial charge in [0.15, 0.2) is 0 Å². The Morgan fingerprint density at radius 1 is 1.00 bits per heavy atom. The van der Waals surface area contributed by atoms with Crippen LogP contribution in [0, 0.1) is 0 Å². The minimum atomic E-state index is -4.10. The molecule has 2 nitrogen and oxygen atoms in total. The molecule has 100 valence electrons. The van der Waals surface area contributed by atoms with E-state index in [1.807, 2.05) is 0 Å². The molecular formula is C12H19F3O2. The van der Waals surface area contributed by atoms with E-state index in [-0.39, 0.29) is 6.42 Å². The van der Waals surface area contributed by atoms with Crippen molar-refractivity contribution in [3.05, 3.63) is 12.2 Å². The summed E-state index contributed by atoms with van der Waals surface area (Å²) in [6.07, 6.45) is 2.92. The van der Waals surface area contributed by atoms with Crippen LogP contribution in [0.4, 0.5) is 13.2 Å². The highest BCUT2D eigenvalue weighted by atomic mass is 19.4. The molecule has 0 atom stereocenters. The van der Waals surface area contributed by atoms with Gasteiger partial charge >= 0.3 is 12.1 Å². The van der Waals surface area contributed by atoms with Crippen molar-refractivity contribution in [2.45, 2.75) is 57.5 Å². The zero-order valence-corrected chi connectivity index (χ0v) is 9.80. The molecule has 0 bridgehead atoms. The van der Waals surface area contributed by atoms with Crippen LogP contribution in [-0.4, -0.2) is 17.3 Å². The normalized spacial score (nSPS) is 12.2. The number of carbonyl (C=O) groups is 1. The lowest BCUT2D eigenvalue weighted by Gasteiger charge is -2.00. The number of hydrogen-bond acceptors (Lipinski definition) is 1. The molecule has 0 amide bonds. The van der Waals surface area contributed by atoms with E-state index in [9.17, 15) is 18.0 Å². The number of alkyl halides is 3. The van der Waals surface area contributed by atoms with Crippen molar-refractivity contribution in [2.75, 3.05) is 0 Å². The molecule has 17 heavy (non-hydrogen) atoms. The van der Waals surface area contributed by atoms with Crippen molar-refractivity contribution in [3.63, 3.8) is 0 Å². The van der Waals surface area contributed by atoms with Gasteiger partial charge in [-0.3, -0.25) is 4.79 Å². The van der Waals surface area contributed by atoms with E-state index in [1.165, 1.54) is 0 Å². The minimum Gasteiger partial charge on any atom is -0.481 e. The number of hydrogen-bond donors (Lipinski definition) is 1. The standard InChI is InChI=1S/C12H19F3O2/c13-12(14,15)10-8-6-4-2-1-3-5-7-9-11(16)17/h6,8H,1-5,7,9-10H2,(H,16,17)/b8-6+. The average molecular weight is 252 g/mol. The summed E-state index contributed by atoms with van der Waals surface area (Å²) in [7, 11) is 0. The fourth-order valence-corrected chi connectivity index (χ4v) is 1.40. The van der Waals surface area contributed by atoms with E-state index in [4.69, 9.17) is 5.11 Å². The molecule has 0 aliphatic heterocycles. The second-order valence-corrected chi connectivity index (χ2v) is 3.99. The molecule has 0 aromatic heterocycles. The van der Waals surface area contributed by atoms with Crippen LogP contribution in [0.25, 0.3) is 0 Å². The molecule has 0 saturated heterocycles. The van der Waals surface area contributed by atoms with E-state index in [0.29, 0.717) is 12.8 Å². The summed E-state index contributed by atoms with van der Waals surface area (Å²) in [6, 6.07) is 0. The number of carboxylic acid groups (broad SMARTS) is 1. The summed E-state index contributed by atoms with van der Waals surface area (Å²) in [4.78, 5) is 10.2. The lowest BCUT2D eigenvalue weighted by atomic mass is 10.1. The van der Waals surface area contributed by atoms with Gasteiger partial charge in [0.1, 0.15) is 0 Å². The molecule has 0 heterocycles. The molecule has 0 rings (SSSR count). The first-order valence-corrected chi connectivity index (χ1v) is 5.85. The molecular weight excluding hydrogens is 233 g/mol. The quantitative estimate of drug-likeness (QED) is 0.490. The van der Waals surface area contributed by atoms with Gasteiger partial charge in [0, 0.05) is 6.42 Å². The smallest absolute Gasteiger partial charge is 0.392 e. The van der Waals surface area contributed by atoms with Gasteiger partial charge in [-0.15, -0.1) is 0 Å². The second kappa shape index (κ2) is 9.07. The Bertz CT molecular complexity index is 234. The van der Waals surface area contributed by atoms with Gasteiger partial charge in [0.2, 0.25) is 0 Å². The Balaban J connectivity index is 3.21. The highest BCUT2D eigenvalue weighted by Crippen LogP contribution is 2.19. The molecule has 0 aromatic carbocycles. The zero-order valence-electron chi connectivity index (χ0n) is 9.80. The molecule has 0 aromatic rings. The first kappa shape index (κ1) is 16.0. The average Bonchev–Trinajstić information content (AvgIpc) is 2.18. The number of carboxylic acids is 1. The maximum absolute atomic E-state index is 11.7. The molecule has 0 aliphatic rings. The molecule has 0 unspecified atom stereocenters. The predicted molar refractivity (Wildman–Crippen MR) is 59.8 cm³/mol. The van der Waals surface area contributed by atoms with Crippen molar-refractivity contribution in [2.24, 2.45) is 0 Å². The fourth-order valence-electron chi connectivity index (χ4n) is 1.40. The van der Waals surface area contributed by atoms with E-state index in [1.54, 1.807) is 6.08 Å². The molecule has 0 fully saturated rings. The van der Waals surface area contributed by atoms with E-state index in [0.717, 1.165) is 31.8 Å². The number of unbranched alkanes of at least 4 members (excludes halogenated alkanes) is 5. The topological polar surface area (TPSA) is 37.3 Å². The lowest BCUT2D eigenvalue weighted by Crippen LogP contribution is -2.03. The third-order valence-corrected chi connectivity index (χ3v) is 2.28. The van der Waals surface area contributed by atoms with Crippen molar-refractivity contribution in [1.29, 1.82) is 0 Å². The second-order valence-electron chi connectivity index (χ2n) is 3.99. The highest BCUT2D eigenvalue weighted by molar-refractivity contribution is 5.66. The van der Waals surface area contributed by atoms with Gasteiger partial charge in [0.25, 0.3) is 0 Å². The molecule has 0 aliphatic carbocycles. The SMILES string of the molecule is O=C(O)CCCCCCC/C=C/CC(F)(F)F. The number of rotatable bonds is 9. The van der Waals surface area contributed by atoms with E-state index < -0.39 is 18.6 Å². The van der Waals surface area contributed by atoms with Gasteiger partial charge in [-0.2, -0.15) is 13.2 Å². The molecule has 0 spiro atoms. The third kappa shape index (κ3) is 15.0. The molecule has 0 saturated carbocycles. The Morgan fingerprint density at radius 2 is 1.59 bits per heavy atom. The van der Waals surface area contributed by atoms with Crippen molar-refractivity contribution in [3.8, 4) is 0 Å². The largest absolute Gasteiger partial charge is 0.481 e. The Hall–Kier alpha value is -1.00. The van der Waals surface area contributed by atoms with Crippen LogP contribution in [0.2, 0.25) is 0 Å². The number of allylic oxidation sites excluding steroid dienone is 2. The summed E-state index contributed by atoms with van der Waals surface area (Å²) in [5.41, 5.74) is 0. The Morgan fingerprint density at radius 3 is 2.18 bits per heavy atom. The summed E-state index contributed by atoms with van der Waals surface area (Å²) in [5, 5.41) is 8.38. The van der Waals surface area contributed by atoms with Gasteiger partial charge in [-0.05, 0) is 19.3 Å². The van der Waals surface area contributed by atoms with Crippen LogP contribution in [0.5, 0.6) is 0 Å². The van der Waals surface area contributed by atoms with Crippen molar-refractivity contribution in [1.82, 2.24) is 0 Å². The first-order chi connectivity index (χ1) is 7.92. The maximum Gasteiger partial charge on any atom is 0.392 e. The zero-order chi connectivity index (χ0) is 13.1. The number of halogens is 3. The third-order valence-electron chi connectivity index (χ3n) is 2.28. The van der Waals surface area contributed by atoms with Gasteiger partial charge < -0.3 is 5.11 Å². The van der Waals surface area contributed by atoms with Crippen LogP contribution >= 0.6 is 0 Å². The van der Waals surface area contributed by atoms with E-state index >= 15 is 0 Å². The van der Waals surface area contributed by atoms with Crippen molar-refractivity contribution >= 4 is 5.97 Å². The van der Waals surface area contributed by atoms with Gasteiger partial charge in [-0.1, -0.05) is 31.4 Å². The summed E-state index contributed by atoms with van der Waals surface area (Å²) in [6.45, 7) is 0. The van der Waals surface area contributed by atoms with E-state index in [2.05, 4.69) is 0 Å². The Labute approximate surface area is 99.5 Å². The van der Waals surface area contributed by atoms with Gasteiger partial charge in [-0.25, -0.2) is 0 Å². The fraction of sp³-hybridized carbons (Fsp3) is 0.750. The van der Waals surface area contributed by atoms with Crippen LogP contribution < -0.4 is 0 Å². The van der Waals surface area contributed by atoms with Crippen LogP contribution in [0.3, 0.4) is 0 Å². The molecule has 0 radical (unpaired) electrons. The molecule has 5 heteroatoms. The first-order valence-electron chi connectivity index (χ1n) is 5.85. The van der Waals surface area contributed by atoms with Gasteiger partial charge in [0.05, 0.1) is 6.42 Å². The lowest BCUT2D eigenvalue weighted by molar-refractivity contribution is -0.137. The minimum absolute atomic E-state index is 0.200. The van der Waals surface area contributed by atoms with Crippen LogP contribution in [0.1, 0.15) is 51.4 Å². The van der Waals surface area contributed by atoms with Crippen molar-refractivity contribution < 1.29 is 23.1 Å². The number of aliphatic carboxylic acids is 1. The summed E-state index contributed by atoms with van der Waals surface area (Å²) in [5.74, 6) is -0.778. The van der Waals surface area contributed by atoms with Crippen LogP contribution in [-0.2, 0) is 4.79 Å². The van der Waals surface area contributed by atoms with Crippen LogP contribution in [0.15, 0.2) is 12.2 Å². The summed E-state index contributed by atoms with van der Waals surface area (Å²) >= 11 is 0. The monoisotopic (exact) mass is 252 g/mol.